The van der Waals surface area contributed by atoms with Crippen LogP contribution in [0.4, 0.5) is 0 Å². The number of rotatable bonds is 6. The Morgan fingerprint density at radius 2 is 1.94 bits per heavy atom. The molecule has 0 aromatic heterocycles. The zero-order valence-electron chi connectivity index (χ0n) is 10.6. The van der Waals surface area contributed by atoms with Gasteiger partial charge in [0, 0.05) is 0 Å². The van der Waals surface area contributed by atoms with Crippen molar-refractivity contribution in [3.63, 3.8) is 0 Å². The average molecular weight is 281 g/mol. The highest BCUT2D eigenvalue weighted by Crippen LogP contribution is 2.11. The summed E-state index contributed by atoms with van der Waals surface area (Å²) in [6.07, 6.45) is 3.94. The van der Waals surface area contributed by atoms with Crippen molar-refractivity contribution in [1.29, 1.82) is 0 Å². The smallest absolute Gasteiger partial charge is 0.397 e. The number of amides is 1. The van der Waals surface area contributed by atoms with E-state index < -0.39 is 26.9 Å². The van der Waals surface area contributed by atoms with Crippen molar-refractivity contribution in [3.05, 3.63) is 12.7 Å². The number of carbonyl (C=O) groups excluding carboxylic acids is 2. The molecule has 0 aromatic carbocycles. The molecule has 106 valence electrons. The lowest BCUT2D eigenvalue weighted by Crippen LogP contribution is -2.33. The van der Waals surface area contributed by atoms with E-state index >= 15 is 0 Å². The molecular weight excluding hydrogens is 261 g/mol. The first-order valence-electron chi connectivity index (χ1n) is 5.41. The Kier molecular flexibility index (Phi) is 14.8. The Morgan fingerprint density at radius 1 is 1.39 bits per heavy atom. The quantitative estimate of drug-likeness (QED) is 0.247. The van der Waals surface area contributed by atoms with Crippen LogP contribution in [0.5, 0.6) is 0 Å². The highest BCUT2D eigenvalue weighted by Gasteiger charge is 2.13. The fourth-order valence-electron chi connectivity index (χ4n) is 0.436. The number of ether oxygens (including phenoxy) is 1. The van der Waals surface area contributed by atoms with Crippen LogP contribution in [0, 0.1) is 0 Å². The molecule has 0 spiro atoms. The Hall–Kier alpha value is -1.17. The molecular formula is C10H20NO6P. The molecule has 1 unspecified atom stereocenters. The first-order chi connectivity index (χ1) is 8.49. The second kappa shape index (κ2) is 13.9. The maximum atomic E-state index is 10.8. The van der Waals surface area contributed by atoms with Gasteiger partial charge in [0.1, 0.15) is 13.3 Å². The number of carbonyl (C=O) groups is 2. The molecule has 0 aliphatic heterocycles. The molecule has 0 bridgehead atoms. The van der Waals surface area contributed by atoms with Gasteiger partial charge in [-0.2, -0.15) is 0 Å². The molecule has 0 aliphatic rings. The summed E-state index contributed by atoms with van der Waals surface area (Å²) in [5.41, 5.74) is 0. The molecule has 8 heteroatoms. The van der Waals surface area contributed by atoms with Crippen LogP contribution in [0.15, 0.2) is 12.7 Å². The van der Waals surface area contributed by atoms with Crippen molar-refractivity contribution in [2.75, 3.05) is 13.3 Å². The fourth-order valence-corrected chi connectivity index (χ4v) is 0.631. The summed E-state index contributed by atoms with van der Waals surface area (Å²) in [7, 11) is -3.11. The van der Waals surface area contributed by atoms with Gasteiger partial charge in [-0.15, -0.1) is 0 Å². The van der Waals surface area contributed by atoms with Crippen molar-refractivity contribution < 1.29 is 28.3 Å². The van der Waals surface area contributed by atoms with Gasteiger partial charge in [-0.3, -0.25) is 13.9 Å². The van der Waals surface area contributed by atoms with Gasteiger partial charge in [-0.05, 0) is 0 Å². The van der Waals surface area contributed by atoms with Gasteiger partial charge in [-0.25, -0.2) is 4.79 Å². The SMILES string of the molecule is C=CCOC(=O)C(=O)NCO[PH](=O)O.CCCC. The van der Waals surface area contributed by atoms with Gasteiger partial charge in [0.15, 0.2) is 0 Å². The van der Waals surface area contributed by atoms with E-state index in [1.165, 1.54) is 18.9 Å². The van der Waals surface area contributed by atoms with Gasteiger partial charge < -0.3 is 14.9 Å². The minimum absolute atomic E-state index is 0.0797. The second-order valence-electron chi connectivity index (χ2n) is 2.95. The van der Waals surface area contributed by atoms with Gasteiger partial charge >= 0.3 is 20.1 Å². The zero-order valence-corrected chi connectivity index (χ0v) is 11.6. The van der Waals surface area contributed by atoms with Crippen LogP contribution in [0.2, 0.25) is 0 Å². The molecule has 0 saturated carbocycles. The Morgan fingerprint density at radius 3 is 2.33 bits per heavy atom. The standard InChI is InChI=1S/C6H10NO6P.C4H10/c1-2-3-12-6(9)5(8)7-4-13-14(10)11;1-3-4-2/h2,14H,1,3-4H2,(H,7,8)(H,10,11);3-4H2,1-2H3. The average Bonchev–Trinajstić information content (AvgIpc) is 2.35. The zero-order chi connectivity index (χ0) is 14.4. The van der Waals surface area contributed by atoms with Crippen LogP contribution in [0.1, 0.15) is 26.7 Å². The topological polar surface area (TPSA) is 102 Å². The normalized spacial score (nSPS) is 10.6. The summed E-state index contributed by atoms with van der Waals surface area (Å²) in [6.45, 7) is 7.04. The second-order valence-corrected chi connectivity index (χ2v) is 3.77. The fraction of sp³-hybridized carbons (Fsp3) is 0.600. The van der Waals surface area contributed by atoms with Crippen LogP contribution in [0.25, 0.3) is 0 Å². The van der Waals surface area contributed by atoms with E-state index in [0.717, 1.165) is 0 Å². The van der Waals surface area contributed by atoms with E-state index in [4.69, 9.17) is 4.89 Å². The first-order valence-corrected chi connectivity index (χ1v) is 6.67. The molecule has 2 N–H and O–H groups in total. The predicted octanol–water partition coefficient (Wildman–Crippen LogP) is 0.994. The van der Waals surface area contributed by atoms with Crippen molar-refractivity contribution >= 4 is 20.1 Å². The van der Waals surface area contributed by atoms with Crippen LogP contribution in [0.3, 0.4) is 0 Å². The lowest BCUT2D eigenvalue weighted by molar-refractivity contribution is -0.154. The van der Waals surface area contributed by atoms with Crippen molar-refractivity contribution in [1.82, 2.24) is 5.32 Å². The van der Waals surface area contributed by atoms with E-state index in [9.17, 15) is 14.2 Å². The maximum absolute atomic E-state index is 10.8. The lowest BCUT2D eigenvalue weighted by Gasteiger charge is -2.03. The highest BCUT2D eigenvalue weighted by molar-refractivity contribution is 7.32. The minimum Gasteiger partial charge on any atom is -0.454 e. The molecule has 0 saturated heterocycles. The molecule has 0 aromatic rings. The van der Waals surface area contributed by atoms with Crippen molar-refractivity contribution in [2.45, 2.75) is 26.7 Å². The summed E-state index contributed by atoms with van der Waals surface area (Å²) in [5.74, 6) is -2.15. The van der Waals surface area contributed by atoms with Crippen LogP contribution < -0.4 is 5.32 Å². The van der Waals surface area contributed by atoms with E-state index in [-0.39, 0.29) is 6.61 Å². The van der Waals surface area contributed by atoms with Crippen LogP contribution in [-0.2, 0) is 23.4 Å². The largest absolute Gasteiger partial charge is 0.454 e. The summed E-state index contributed by atoms with van der Waals surface area (Å²) in [4.78, 5) is 29.7. The minimum atomic E-state index is -3.11. The van der Waals surface area contributed by atoms with E-state index in [1.807, 2.05) is 5.32 Å². The number of nitrogens with one attached hydrogen (secondary N) is 1. The third kappa shape index (κ3) is 14.8. The monoisotopic (exact) mass is 281 g/mol. The van der Waals surface area contributed by atoms with E-state index in [2.05, 4.69) is 29.7 Å². The molecule has 0 radical (unpaired) electrons. The summed E-state index contributed by atoms with van der Waals surface area (Å²) in [5, 5.41) is 1.92. The Labute approximate surface area is 107 Å². The van der Waals surface area contributed by atoms with Crippen molar-refractivity contribution in [2.24, 2.45) is 0 Å². The Balaban J connectivity index is 0. The van der Waals surface area contributed by atoms with Gasteiger partial charge in [0.25, 0.3) is 0 Å². The first kappa shape index (κ1) is 19.2. The Bertz CT molecular complexity index is 280. The summed E-state index contributed by atoms with van der Waals surface area (Å²) in [6, 6.07) is 0. The molecule has 0 aliphatic carbocycles. The van der Waals surface area contributed by atoms with Crippen molar-refractivity contribution in [3.8, 4) is 0 Å². The molecule has 1 amide bonds. The van der Waals surface area contributed by atoms with Gasteiger partial charge in [-0.1, -0.05) is 39.3 Å². The van der Waals surface area contributed by atoms with Crippen LogP contribution in [-0.4, -0.2) is 30.1 Å². The number of esters is 1. The highest BCUT2D eigenvalue weighted by atomic mass is 31.1. The molecule has 0 heterocycles. The maximum Gasteiger partial charge on any atom is 0.397 e. The third-order valence-corrected chi connectivity index (χ3v) is 1.84. The predicted molar refractivity (Wildman–Crippen MR) is 67.1 cm³/mol. The van der Waals surface area contributed by atoms with Gasteiger partial charge in [0.2, 0.25) is 0 Å². The molecule has 0 rings (SSSR count). The molecule has 18 heavy (non-hydrogen) atoms. The number of unbranched alkanes of at least 4 members (excludes halogenated alkanes) is 1. The number of hydrogen-bond donors (Lipinski definition) is 2. The van der Waals surface area contributed by atoms with Crippen LogP contribution >= 0.6 is 8.25 Å². The summed E-state index contributed by atoms with van der Waals surface area (Å²) < 4.78 is 18.5. The van der Waals surface area contributed by atoms with E-state index in [1.54, 1.807) is 0 Å². The number of hydrogen-bond acceptors (Lipinski definition) is 5. The summed E-state index contributed by atoms with van der Waals surface area (Å²) >= 11 is 0. The van der Waals surface area contributed by atoms with E-state index in [0.29, 0.717) is 0 Å². The molecule has 7 nitrogen and oxygen atoms in total. The van der Waals surface area contributed by atoms with Gasteiger partial charge in [0.05, 0.1) is 0 Å². The molecule has 1 atom stereocenters. The lowest BCUT2D eigenvalue weighted by atomic mass is 10.4. The third-order valence-electron chi connectivity index (χ3n) is 1.45. The molecule has 0 fully saturated rings.